The molecule has 1 fully saturated rings. The molecule has 2 aliphatic heterocycles. The zero-order valence-corrected chi connectivity index (χ0v) is 22.3. The van der Waals surface area contributed by atoms with Crippen LogP contribution >= 0.6 is 0 Å². The molecule has 1 atom stereocenters. The third-order valence-corrected chi connectivity index (χ3v) is 7.30. The summed E-state index contributed by atoms with van der Waals surface area (Å²) < 4.78 is 18.6. The average Bonchev–Trinajstić information content (AvgIpc) is 3.26. The third-order valence-electron chi connectivity index (χ3n) is 7.30. The molecule has 0 bridgehead atoms. The van der Waals surface area contributed by atoms with E-state index in [1.807, 2.05) is 0 Å². The second kappa shape index (κ2) is 11.1. The van der Waals surface area contributed by atoms with E-state index in [1.165, 1.54) is 36.3 Å². The molecule has 2 aliphatic rings. The van der Waals surface area contributed by atoms with Crippen molar-refractivity contribution >= 4 is 23.9 Å². The van der Waals surface area contributed by atoms with Crippen LogP contribution < -0.4 is 5.73 Å². The Morgan fingerprint density at radius 3 is 2.37 bits per heavy atom. The molecule has 3 amide bonds. The van der Waals surface area contributed by atoms with Crippen LogP contribution in [-0.2, 0) is 21.6 Å². The van der Waals surface area contributed by atoms with Gasteiger partial charge in [-0.2, -0.15) is 5.26 Å². The molecule has 1 unspecified atom stereocenters. The van der Waals surface area contributed by atoms with Crippen LogP contribution in [0.2, 0.25) is 0 Å². The van der Waals surface area contributed by atoms with Crippen molar-refractivity contribution in [3.63, 3.8) is 0 Å². The molecule has 1 saturated heterocycles. The van der Waals surface area contributed by atoms with Gasteiger partial charge in [0.2, 0.25) is 0 Å². The minimum atomic E-state index is -1.61. The second-order valence-electron chi connectivity index (χ2n) is 9.72. The quantitative estimate of drug-likeness (QED) is 0.516. The summed E-state index contributed by atoms with van der Waals surface area (Å²) in [6.07, 6.45) is -0.426. The van der Waals surface area contributed by atoms with Crippen molar-refractivity contribution in [3.05, 3.63) is 106 Å². The van der Waals surface area contributed by atoms with Gasteiger partial charge in [-0.3, -0.25) is 14.5 Å². The number of methoxy groups -OCH3 is 1. The van der Waals surface area contributed by atoms with Gasteiger partial charge in [-0.15, -0.1) is 0 Å². The number of nitrogens with two attached hydrogens (primary N) is 1. The summed E-state index contributed by atoms with van der Waals surface area (Å²) in [7, 11) is 1.32. The fourth-order valence-electron chi connectivity index (χ4n) is 5.17. The van der Waals surface area contributed by atoms with Gasteiger partial charge < -0.3 is 20.3 Å². The van der Waals surface area contributed by atoms with Crippen molar-refractivity contribution in [2.45, 2.75) is 12.1 Å². The summed E-state index contributed by atoms with van der Waals surface area (Å²) in [5, 5.41) is 9.46. The molecule has 3 aromatic rings. The molecular formula is C30H27FN6O4. The number of amides is 3. The molecule has 10 nitrogen and oxygen atoms in total. The number of rotatable bonds is 5. The molecule has 0 spiro atoms. The van der Waals surface area contributed by atoms with Crippen LogP contribution in [0.4, 0.5) is 9.18 Å². The van der Waals surface area contributed by atoms with Crippen molar-refractivity contribution < 1.29 is 23.5 Å². The first kappa shape index (κ1) is 27.3. The van der Waals surface area contributed by atoms with E-state index in [0.29, 0.717) is 54.0 Å². The largest absolute Gasteiger partial charge is 0.453 e. The zero-order valence-electron chi connectivity index (χ0n) is 22.3. The molecular weight excluding hydrogens is 527 g/mol. The molecule has 0 aliphatic carbocycles. The summed E-state index contributed by atoms with van der Waals surface area (Å²) in [6.45, 7) is 1.50. The lowest BCUT2D eigenvalue weighted by Crippen LogP contribution is -2.50. The molecule has 0 saturated carbocycles. The Kier molecular flexibility index (Phi) is 7.40. The Balaban J connectivity index is 1.41. The van der Waals surface area contributed by atoms with Gasteiger partial charge in [0.25, 0.3) is 11.8 Å². The number of ether oxygens (including phenoxy) is 1. The summed E-state index contributed by atoms with van der Waals surface area (Å²) >= 11 is 0. The van der Waals surface area contributed by atoms with Gasteiger partial charge in [0.05, 0.1) is 25.3 Å². The number of benzene rings is 3. The number of piperazine rings is 1. The van der Waals surface area contributed by atoms with Crippen LogP contribution in [-0.4, -0.2) is 71.9 Å². The maximum atomic E-state index is 14.1. The highest BCUT2D eigenvalue weighted by atomic mass is 19.1. The lowest BCUT2D eigenvalue weighted by molar-refractivity contribution is -0.130. The SMILES string of the molecule is COC(=O)N1CCN(C(=O)c2cccc(CN3C(=O)C(c4ccc(F)cc4)(c4cccc(C#N)c4)N=C3N)c2)CC1. The summed E-state index contributed by atoms with van der Waals surface area (Å²) in [6, 6.07) is 20.9. The number of aliphatic imine (C=N–C) groups is 1. The van der Waals surface area contributed by atoms with E-state index in [1.54, 1.807) is 58.3 Å². The van der Waals surface area contributed by atoms with Gasteiger partial charge in [-0.25, -0.2) is 14.2 Å². The van der Waals surface area contributed by atoms with Gasteiger partial charge in [0, 0.05) is 31.7 Å². The normalized spacial score (nSPS) is 18.6. The van der Waals surface area contributed by atoms with Gasteiger partial charge >= 0.3 is 6.09 Å². The summed E-state index contributed by atoms with van der Waals surface area (Å²) in [5.41, 5.74) is 6.96. The van der Waals surface area contributed by atoms with Gasteiger partial charge in [-0.1, -0.05) is 36.4 Å². The summed E-state index contributed by atoms with van der Waals surface area (Å²) in [5.74, 6) is -1.17. The van der Waals surface area contributed by atoms with E-state index >= 15 is 0 Å². The van der Waals surface area contributed by atoms with E-state index in [9.17, 15) is 24.0 Å². The Hall–Kier alpha value is -5.24. The van der Waals surface area contributed by atoms with E-state index in [2.05, 4.69) is 11.1 Å². The lowest BCUT2D eigenvalue weighted by Gasteiger charge is -2.34. The average molecular weight is 555 g/mol. The zero-order chi connectivity index (χ0) is 29.1. The fraction of sp³-hybridized carbons (Fsp3) is 0.233. The predicted molar refractivity (Wildman–Crippen MR) is 147 cm³/mol. The molecule has 5 rings (SSSR count). The second-order valence-corrected chi connectivity index (χ2v) is 9.72. The smallest absolute Gasteiger partial charge is 0.409 e. The topological polar surface area (TPSA) is 132 Å². The first-order valence-electron chi connectivity index (χ1n) is 12.9. The van der Waals surface area contributed by atoms with E-state index < -0.39 is 23.4 Å². The van der Waals surface area contributed by atoms with E-state index in [0.717, 1.165) is 0 Å². The number of carbonyl (C=O) groups is 3. The molecule has 0 radical (unpaired) electrons. The molecule has 11 heteroatoms. The minimum Gasteiger partial charge on any atom is -0.453 e. The number of hydrogen-bond acceptors (Lipinski definition) is 7. The van der Waals surface area contributed by atoms with Gasteiger partial charge in [0.15, 0.2) is 11.5 Å². The van der Waals surface area contributed by atoms with Crippen LogP contribution in [0.5, 0.6) is 0 Å². The van der Waals surface area contributed by atoms with Crippen LogP contribution in [0.1, 0.15) is 32.6 Å². The molecule has 2 N–H and O–H groups in total. The monoisotopic (exact) mass is 554 g/mol. The van der Waals surface area contributed by atoms with Crippen LogP contribution in [0.3, 0.4) is 0 Å². The van der Waals surface area contributed by atoms with Gasteiger partial charge in [0.1, 0.15) is 5.82 Å². The highest BCUT2D eigenvalue weighted by Crippen LogP contribution is 2.40. The summed E-state index contributed by atoms with van der Waals surface area (Å²) in [4.78, 5) is 48.3. The molecule has 2 heterocycles. The maximum Gasteiger partial charge on any atom is 0.409 e. The van der Waals surface area contributed by atoms with Crippen molar-refractivity contribution in [1.29, 1.82) is 5.26 Å². The highest BCUT2D eigenvalue weighted by Gasteiger charge is 2.50. The Bertz CT molecular complexity index is 1580. The van der Waals surface area contributed by atoms with Crippen LogP contribution in [0, 0.1) is 17.1 Å². The van der Waals surface area contributed by atoms with Crippen LogP contribution in [0.25, 0.3) is 0 Å². The maximum absolute atomic E-state index is 14.1. The molecule has 0 aromatic heterocycles. The first-order chi connectivity index (χ1) is 19.8. The molecule has 3 aromatic carbocycles. The number of guanidine groups is 1. The molecule has 208 valence electrons. The fourth-order valence-corrected chi connectivity index (χ4v) is 5.17. The van der Waals surface area contributed by atoms with Gasteiger partial charge in [-0.05, 0) is 53.1 Å². The van der Waals surface area contributed by atoms with Crippen molar-refractivity contribution in [1.82, 2.24) is 14.7 Å². The first-order valence-corrected chi connectivity index (χ1v) is 12.9. The standard InChI is InChI=1S/C30H27FN6O4/c1-41-29(40)36-14-12-35(13-15-36)26(38)22-6-2-5-21(16-22)19-37-27(39)30(34-28(37)33,23-8-10-25(31)11-9-23)24-7-3-4-20(17-24)18-32/h2-11,16-17H,12-15,19H2,1H3,(H2,33,34). The number of nitrogens with zero attached hydrogens (tertiary/aromatic N) is 5. The number of nitriles is 1. The van der Waals surface area contributed by atoms with E-state index in [4.69, 9.17) is 10.5 Å². The van der Waals surface area contributed by atoms with Crippen molar-refractivity contribution in [2.24, 2.45) is 10.7 Å². The number of carbonyl (C=O) groups excluding carboxylic acids is 3. The minimum absolute atomic E-state index is 0.0340. The number of hydrogen-bond donors (Lipinski definition) is 1. The van der Waals surface area contributed by atoms with Crippen LogP contribution in [0.15, 0.2) is 77.8 Å². The Morgan fingerprint density at radius 2 is 1.68 bits per heavy atom. The molecule has 41 heavy (non-hydrogen) atoms. The predicted octanol–water partition coefficient (Wildman–Crippen LogP) is 2.82. The lowest BCUT2D eigenvalue weighted by atomic mass is 9.82. The highest BCUT2D eigenvalue weighted by molar-refractivity contribution is 6.09. The van der Waals surface area contributed by atoms with E-state index in [-0.39, 0.29) is 18.4 Å². The Morgan fingerprint density at radius 1 is 1.00 bits per heavy atom. The number of halogens is 1. The third kappa shape index (κ3) is 5.07. The Labute approximate surface area is 236 Å². The van der Waals surface area contributed by atoms with Crippen molar-refractivity contribution in [2.75, 3.05) is 33.3 Å². The van der Waals surface area contributed by atoms with Crippen molar-refractivity contribution in [3.8, 4) is 6.07 Å².